The van der Waals surface area contributed by atoms with Crippen LogP contribution in [0.25, 0.3) is 0 Å². The lowest BCUT2D eigenvalue weighted by molar-refractivity contribution is -0.142. The molecule has 52 heavy (non-hydrogen) atoms. The average Bonchev–Trinajstić information content (AvgIpc) is 3.66. The van der Waals surface area contributed by atoms with Crippen LogP contribution in [0.2, 0.25) is 0 Å². The van der Waals surface area contributed by atoms with E-state index in [1.165, 1.54) is 7.05 Å². The second kappa shape index (κ2) is 22.5. The third kappa shape index (κ3) is 11.9. The van der Waals surface area contributed by atoms with Crippen molar-refractivity contribution in [2.75, 3.05) is 20.1 Å². The smallest absolute Gasteiger partial charge is 0.290 e. The van der Waals surface area contributed by atoms with E-state index in [0.717, 1.165) is 11.1 Å². The normalized spacial score (nSPS) is 16.2. The van der Waals surface area contributed by atoms with E-state index >= 15 is 0 Å². The maximum atomic E-state index is 13.8. The van der Waals surface area contributed by atoms with Gasteiger partial charge in [-0.15, -0.1) is 0 Å². The number of amides is 5. The molecule has 1 unspecified atom stereocenters. The Kier molecular flexibility index (Phi) is 18.5. The van der Waals surface area contributed by atoms with Crippen molar-refractivity contribution in [3.8, 4) is 0 Å². The number of Topliss-reactive ketones (excluding diaryl/α,β-unsaturated/α-hetero) is 1. The zero-order chi connectivity index (χ0) is 38.6. The van der Waals surface area contributed by atoms with Crippen molar-refractivity contribution in [1.82, 2.24) is 26.2 Å². The fourth-order valence-electron chi connectivity index (χ4n) is 5.96. The number of hydrogen-bond acceptors (Lipinski definition) is 6. The molecular weight excluding hydrogens is 658 g/mol. The Bertz CT molecular complexity index is 1580. The van der Waals surface area contributed by atoms with Crippen LogP contribution in [-0.4, -0.2) is 72.4 Å². The molecule has 3 aromatic carbocycles. The summed E-state index contributed by atoms with van der Waals surface area (Å²) in [4.78, 5) is 80.6. The Hall–Kier alpha value is -5.32. The largest absolute Gasteiger partial charge is 0.357 e. The second-order valence-corrected chi connectivity index (χ2v) is 11.9. The van der Waals surface area contributed by atoms with Gasteiger partial charge in [-0.25, -0.2) is 0 Å². The highest BCUT2D eigenvalue weighted by atomic mass is 16.2. The number of nitrogens with one attached hydrogen (secondary N) is 4. The molecule has 1 aliphatic rings. The standard InChI is InChI=1S/C37H43N5O6.2C2H6/c1-4-14-29(33(44)36(47)39-22-31(43)41-32(35(46)38-3)27-19-12-7-13-20-27)40-34(45)30-21-28(26-17-10-6-11-18-26)23-42(30)37(48)24(2)25-15-8-5-9-16-25;2*1-2/h5-13,15-20,24,28-30,32H,4,14,21-23H2,1-3H3,(H,38,46)(H,39,47)(H,40,45)(H,41,43);2*1-2H3/t24-,28+,29?,30-,32-;;/m0../s1. The zero-order valence-electron chi connectivity index (χ0n) is 31.5. The van der Waals surface area contributed by atoms with E-state index in [1.54, 1.807) is 35.2 Å². The summed E-state index contributed by atoms with van der Waals surface area (Å²) in [7, 11) is 1.44. The van der Waals surface area contributed by atoms with E-state index in [9.17, 15) is 28.8 Å². The molecule has 1 saturated heterocycles. The predicted octanol–water partition coefficient (Wildman–Crippen LogP) is 4.80. The number of rotatable bonds is 14. The van der Waals surface area contributed by atoms with Gasteiger partial charge in [0.1, 0.15) is 12.1 Å². The summed E-state index contributed by atoms with van der Waals surface area (Å²) in [6, 6.07) is 24.6. The fraction of sp³-hybridized carbons (Fsp3) is 0.415. The highest BCUT2D eigenvalue weighted by Crippen LogP contribution is 2.34. The Labute approximate surface area is 308 Å². The number of carbonyl (C=O) groups is 6. The maximum absolute atomic E-state index is 13.8. The molecule has 0 bridgehead atoms. The first-order valence-electron chi connectivity index (χ1n) is 18.2. The van der Waals surface area contributed by atoms with E-state index in [4.69, 9.17) is 0 Å². The first-order chi connectivity index (χ1) is 25.1. The molecule has 5 amide bonds. The molecule has 1 fully saturated rings. The molecule has 4 rings (SSSR count). The molecule has 1 heterocycles. The zero-order valence-corrected chi connectivity index (χ0v) is 31.5. The first-order valence-corrected chi connectivity index (χ1v) is 18.2. The molecule has 0 spiro atoms. The summed E-state index contributed by atoms with van der Waals surface area (Å²) in [5.74, 6) is -4.38. The average molecular weight is 714 g/mol. The van der Waals surface area contributed by atoms with E-state index in [0.29, 0.717) is 24.9 Å². The van der Waals surface area contributed by atoms with Crippen LogP contribution in [0.3, 0.4) is 0 Å². The third-order valence-electron chi connectivity index (χ3n) is 8.62. The number of ketones is 1. The van der Waals surface area contributed by atoms with Gasteiger partial charge >= 0.3 is 0 Å². The van der Waals surface area contributed by atoms with Gasteiger partial charge in [0, 0.05) is 19.5 Å². The van der Waals surface area contributed by atoms with Crippen molar-refractivity contribution in [3.63, 3.8) is 0 Å². The molecule has 11 heteroatoms. The van der Waals surface area contributed by atoms with Crippen LogP contribution < -0.4 is 21.3 Å². The molecule has 0 aromatic heterocycles. The van der Waals surface area contributed by atoms with Crippen LogP contribution in [-0.2, 0) is 28.8 Å². The highest BCUT2D eigenvalue weighted by Gasteiger charge is 2.42. The van der Waals surface area contributed by atoms with Gasteiger partial charge in [-0.2, -0.15) is 0 Å². The van der Waals surface area contributed by atoms with E-state index in [2.05, 4.69) is 21.3 Å². The molecule has 0 saturated carbocycles. The van der Waals surface area contributed by atoms with Crippen molar-refractivity contribution >= 4 is 35.3 Å². The lowest BCUT2D eigenvalue weighted by Gasteiger charge is -2.28. The van der Waals surface area contributed by atoms with Crippen molar-refractivity contribution < 1.29 is 28.8 Å². The number of carbonyl (C=O) groups excluding carboxylic acids is 6. The van der Waals surface area contributed by atoms with Gasteiger partial charge in [0.05, 0.1) is 18.5 Å². The fourth-order valence-corrected chi connectivity index (χ4v) is 5.96. The summed E-state index contributed by atoms with van der Waals surface area (Å²) in [5, 5.41) is 10.1. The van der Waals surface area contributed by atoms with Gasteiger partial charge in [0.2, 0.25) is 29.4 Å². The first kappa shape index (κ1) is 42.8. The van der Waals surface area contributed by atoms with Gasteiger partial charge in [0.25, 0.3) is 5.91 Å². The monoisotopic (exact) mass is 713 g/mol. The Morgan fingerprint density at radius 1 is 0.769 bits per heavy atom. The molecule has 0 radical (unpaired) electrons. The lowest BCUT2D eigenvalue weighted by atomic mass is 9.96. The van der Waals surface area contributed by atoms with E-state index in [1.807, 2.05) is 102 Å². The molecule has 11 nitrogen and oxygen atoms in total. The van der Waals surface area contributed by atoms with E-state index in [-0.39, 0.29) is 18.2 Å². The lowest BCUT2D eigenvalue weighted by Crippen LogP contribution is -2.54. The number of likely N-dealkylation sites (N-methyl/N-ethyl adjacent to an activating group) is 1. The van der Waals surface area contributed by atoms with Crippen LogP contribution >= 0.6 is 0 Å². The Morgan fingerprint density at radius 2 is 1.31 bits per heavy atom. The van der Waals surface area contributed by atoms with Crippen LogP contribution in [0, 0.1) is 0 Å². The summed E-state index contributed by atoms with van der Waals surface area (Å²) < 4.78 is 0. The molecule has 1 aliphatic heterocycles. The molecular formula is C41H55N5O6. The molecule has 4 N–H and O–H groups in total. The molecule has 280 valence electrons. The van der Waals surface area contributed by atoms with Crippen molar-refractivity contribution in [2.24, 2.45) is 0 Å². The number of nitrogens with zero attached hydrogens (tertiary/aromatic N) is 1. The summed E-state index contributed by atoms with van der Waals surface area (Å²) >= 11 is 0. The summed E-state index contributed by atoms with van der Waals surface area (Å²) in [5.41, 5.74) is 2.38. The van der Waals surface area contributed by atoms with Gasteiger partial charge in [-0.05, 0) is 36.5 Å². The minimum Gasteiger partial charge on any atom is -0.357 e. The van der Waals surface area contributed by atoms with Crippen molar-refractivity contribution in [3.05, 3.63) is 108 Å². The minimum atomic E-state index is -1.16. The van der Waals surface area contributed by atoms with Gasteiger partial charge in [-0.1, -0.05) is 132 Å². The Balaban J connectivity index is 0.00000226. The van der Waals surface area contributed by atoms with Crippen LogP contribution in [0.4, 0.5) is 0 Å². The number of benzene rings is 3. The number of likely N-dealkylation sites (tertiary alicyclic amines) is 1. The van der Waals surface area contributed by atoms with Gasteiger partial charge in [0.15, 0.2) is 0 Å². The maximum Gasteiger partial charge on any atom is 0.290 e. The molecule has 3 aromatic rings. The van der Waals surface area contributed by atoms with Gasteiger partial charge in [-0.3, -0.25) is 28.8 Å². The SMILES string of the molecule is CC.CC.CCCC(NC(=O)[C@@H]1C[C@@H](c2ccccc2)CN1C(=O)[C@@H](C)c1ccccc1)C(=O)C(=O)NCC(=O)N[C@H](C(=O)NC)c1ccccc1. The summed E-state index contributed by atoms with van der Waals surface area (Å²) in [6.45, 7) is 11.4. The quantitative estimate of drug-likeness (QED) is 0.176. The van der Waals surface area contributed by atoms with Gasteiger partial charge < -0.3 is 26.2 Å². The van der Waals surface area contributed by atoms with Crippen LogP contribution in [0.5, 0.6) is 0 Å². The number of hydrogen-bond donors (Lipinski definition) is 4. The Morgan fingerprint density at radius 3 is 1.85 bits per heavy atom. The highest BCUT2D eigenvalue weighted by molar-refractivity contribution is 6.38. The topological polar surface area (TPSA) is 154 Å². The third-order valence-corrected chi connectivity index (χ3v) is 8.62. The molecule has 0 aliphatic carbocycles. The minimum absolute atomic E-state index is 0.0921. The van der Waals surface area contributed by atoms with Crippen LogP contribution in [0.1, 0.15) is 95.4 Å². The van der Waals surface area contributed by atoms with Crippen LogP contribution in [0.15, 0.2) is 91.0 Å². The van der Waals surface area contributed by atoms with Crippen molar-refractivity contribution in [2.45, 2.75) is 90.8 Å². The van der Waals surface area contributed by atoms with E-state index < -0.39 is 60.0 Å². The van der Waals surface area contributed by atoms with Crippen molar-refractivity contribution in [1.29, 1.82) is 0 Å². The predicted molar refractivity (Wildman–Crippen MR) is 203 cm³/mol. The molecule has 5 atom stereocenters. The second-order valence-electron chi connectivity index (χ2n) is 11.9. The summed E-state index contributed by atoms with van der Waals surface area (Å²) in [6.07, 6.45) is 1.02.